The van der Waals surface area contributed by atoms with Crippen molar-refractivity contribution in [2.24, 2.45) is 0 Å². The first kappa shape index (κ1) is 15.7. The van der Waals surface area contributed by atoms with Gasteiger partial charge in [-0.2, -0.15) is 0 Å². The molecule has 0 aliphatic carbocycles. The van der Waals surface area contributed by atoms with Crippen molar-refractivity contribution in [1.82, 2.24) is 15.0 Å². The van der Waals surface area contributed by atoms with E-state index in [1.54, 1.807) is 0 Å². The van der Waals surface area contributed by atoms with Crippen LogP contribution in [0.1, 0.15) is 12.6 Å². The second kappa shape index (κ2) is 6.26. The molecule has 1 aliphatic rings. The van der Waals surface area contributed by atoms with Crippen LogP contribution in [0.4, 0.5) is 0 Å². The summed E-state index contributed by atoms with van der Waals surface area (Å²) in [6.07, 6.45) is 4.04. The summed E-state index contributed by atoms with van der Waals surface area (Å²) in [5.74, 6) is 0. The Balaban J connectivity index is 2.06. The molecule has 25 heavy (non-hydrogen) atoms. The summed E-state index contributed by atoms with van der Waals surface area (Å²) in [6.45, 7) is 2.96. The molecule has 0 fully saturated rings. The van der Waals surface area contributed by atoms with Gasteiger partial charge in [-0.05, 0) is 47.9 Å². The summed E-state index contributed by atoms with van der Waals surface area (Å²) in [4.78, 5) is 14.1. The van der Waals surface area contributed by atoms with Crippen molar-refractivity contribution >= 4 is 23.0 Å². The molecule has 0 N–H and O–H groups in total. The number of nitrogens with zero attached hydrogens (tertiary/aromatic N) is 3. The van der Waals surface area contributed by atoms with Crippen molar-refractivity contribution in [3.63, 3.8) is 0 Å². The quantitative estimate of drug-likeness (QED) is 0.546. The molecule has 0 saturated heterocycles. The normalized spacial score (nSPS) is 17.0. The minimum absolute atomic E-state index is 0.791. The standard InChI is InChI=1S/C20H20BN3O/c1-16-15-25(2)21(18-10-4-7-13-23-18,19-11-5-8-14-24-19)20(16)17-9-3-6-12-22-17/h3-14H,15H2,1-2H3. The number of rotatable bonds is 3. The lowest BCUT2D eigenvalue weighted by Gasteiger charge is -2.41. The zero-order valence-corrected chi connectivity index (χ0v) is 14.5. The molecule has 5 heteroatoms. The Kier molecular flexibility index (Phi) is 3.94. The van der Waals surface area contributed by atoms with Gasteiger partial charge in [-0.1, -0.05) is 35.8 Å². The SMILES string of the molecule is CC1=C(c2ccccn2)[B-](c2ccccn2)(c2ccccn2)[O+](C)C1. The third kappa shape index (κ3) is 2.39. The second-order valence-electron chi connectivity index (χ2n) is 6.54. The number of hydrogen-bond donors (Lipinski definition) is 0. The summed E-state index contributed by atoms with van der Waals surface area (Å²) in [5.41, 5.74) is 5.44. The Morgan fingerprint density at radius 1 is 0.800 bits per heavy atom. The van der Waals surface area contributed by atoms with Gasteiger partial charge in [0.25, 0.3) is 0 Å². The van der Waals surface area contributed by atoms with Gasteiger partial charge in [-0.25, -0.2) is 0 Å². The van der Waals surface area contributed by atoms with Crippen LogP contribution in [0.5, 0.6) is 0 Å². The molecule has 0 atom stereocenters. The molecule has 1 aliphatic heterocycles. The van der Waals surface area contributed by atoms with Crippen molar-refractivity contribution in [2.75, 3.05) is 13.7 Å². The Morgan fingerprint density at radius 3 is 1.84 bits per heavy atom. The van der Waals surface area contributed by atoms with Crippen LogP contribution in [0, 0.1) is 0 Å². The Morgan fingerprint density at radius 2 is 1.36 bits per heavy atom. The first-order valence-corrected chi connectivity index (χ1v) is 8.46. The highest BCUT2D eigenvalue weighted by Crippen LogP contribution is 2.37. The molecule has 0 unspecified atom stereocenters. The van der Waals surface area contributed by atoms with E-state index >= 15 is 0 Å². The van der Waals surface area contributed by atoms with Crippen molar-refractivity contribution in [2.45, 2.75) is 6.92 Å². The van der Waals surface area contributed by atoms with E-state index in [0.29, 0.717) is 0 Å². The molecule has 4 nitrogen and oxygen atoms in total. The maximum absolute atomic E-state index is 4.73. The summed E-state index contributed by atoms with van der Waals surface area (Å²) in [6, 6.07) is 18.2. The van der Waals surface area contributed by atoms with Crippen molar-refractivity contribution in [3.05, 3.63) is 84.5 Å². The smallest absolute Gasteiger partial charge is 0.413 e. The third-order valence-electron chi connectivity index (χ3n) is 5.06. The van der Waals surface area contributed by atoms with E-state index in [4.69, 9.17) is 9.97 Å². The topological polar surface area (TPSA) is 41.4 Å². The van der Waals surface area contributed by atoms with Crippen LogP contribution in [0.3, 0.4) is 0 Å². The van der Waals surface area contributed by atoms with Gasteiger partial charge in [0, 0.05) is 24.3 Å². The van der Waals surface area contributed by atoms with Crippen molar-refractivity contribution in [1.29, 1.82) is 0 Å². The van der Waals surface area contributed by atoms with Crippen LogP contribution >= 0.6 is 0 Å². The van der Waals surface area contributed by atoms with E-state index in [-0.39, 0.29) is 0 Å². The molecule has 3 aromatic rings. The van der Waals surface area contributed by atoms with Gasteiger partial charge >= 0.3 is 6.35 Å². The lowest BCUT2D eigenvalue weighted by atomic mass is 9.30. The Bertz CT molecular complexity index is 858. The average molecular weight is 329 g/mol. The Labute approximate surface area is 147 Å². The van der Waals surface area contributed by atoms with Gasteiger partial charge in [0.1, 0.15) is 6.61 Å². The van der Waals surface area contributed by atoms with E-state index in [2.05, 4.69) is 41.5 Å². The fourth-order valence-electron chi connectivity index (χ4n) is 4.13. The minimum atomic E-state index is -1.50. The molecular formula is C20H20BN3O. The van der Waals surface area contributed by atoms with Crippen LogP contribution in [-0.4, -0.2) is 35.0 Å². The molecule has 4 heterocycles. The fourth-order valence-corrected chi connectivity index (χ4v) is 4.13. The first-order valence-electron chi connectivity index (χ1n) is 8.46. The molecule has 0 spiro atoms. The molecule has 0 bridgehead atoms. The lowest BCUT2D eigenvalue weighted by Crippen LogP contribution is -2.66. The lowest BCUT2D eigenvalue weighted by molar-refractivity contribution is 0.0838. The van der Waals surface area contributed by atoms with Gasteiger partial charge in [-0.3, -0.25) is 15.0 Å². The molecule has 4 rings (SSSR count). The maximum Gasteiger partial charge on any atom is 0.413 e. The van der Waals surface area contributed by atoms with E-state index in [1.807, 2.05) is 55.0 Å². The van der Waals surface area contributed by atoms with Crippen LogP contribution in [0.15, 0.2) is 78.8 Å². The highest BCUT2D eigenvalue weighted by Gasteiger charge is 2.53. The average Bonchev–Trinajstić information content (AvgIpc) is 2.94. The highest BCUT2D eigenvalue weighted by molar-refractivity contribution is 7.11. The van der Waals surface area contributed by atoms with Gasteiger partial charge in [0.2, 0.25) is 0 Å². The van der Waals surface area contributed by atoms with Crippen molar-refractivity contribution < 1.29 is 4.28 Å². The molecule has 0 radical (unpaired) electrons. The monoisotopic (exact) mass is 329 g/mol. The molecule has 3 aromatic heterocycles. The zero-order chi connectivity index (χ0) is 17.3. The van der Waals surface area contributed by atoms with E-state index in [9.17, 15) is 0 Å². The molecular weight excluding hydrogens is 309 g/mol. The van der Waals surface area contributed by atoms with E-state index in [1.165, 1.54) is 11.0 Å². The van der Waals surface area contributed by atoms with E-state index in [0.717, 1.165) is 23.5 Å². The first-order chi connectivity index (χ1) is 12.2. The van der Waals surface area contributed by atoms with Crippen LogP contribution in [-0.2, 0) is 4.28 Å². The molecule has 0 aromatic carbocycles. The third-order valence-corrected chi connectivity index (χ3v) is 5.06. The predicted octanol–water partition coefficient (Wildman–Crippen LogP) is 2.14. The Hall–Kier alpha value is -2.79. The van der Waals surface area contributed by atoms with E-state index < -0.39 is 6.35 Å². The van der Waals surface area contributed by atoms with Gasteiger partial charge < -0.3 is 4.28 Å². The summed E-state index contributed by atoms with van der Waals surface area (Å²) in [7, 11) is 2.07. The largest absolute Gasteiger partial charge is 0.657 e. The fraction of sp³-hybridized carbons (Fsp3) is 0.150. The zero-order valence-electron chi connectivity index (χ0n) is 14.5. The summed E-state index contributed by atoms with van der Waals surface area (Å²) in [5, 5.41) is 0. The molecule has 124 valence electrons. The summed E-state index contributed by atoms with van der Waals surface area (Å²) < 4.78 is 3.36. The predicted molar refractivity (Wildman–Crippen MR) is 102 cm³/mol. The highest BCUT2D eigenvalue weighted by atomic mass is 16.6. The number of hydrogen-bond acceptors (Lipinski definition) is 3. The minimum Gasteiger partial charge on any atom is -0.657 e. The van der Waals surface area contributed by atoms with Crippen LogP contribution in [0.25, 0.3) is 5.47 Å². The molecule has 0 saturated carbocycles. The summed E-state index contributed by atoms with van der Waals surface area (Å²) >= 11 is 0. The van der Waals surface area contributed by atoms with Crippen LogP contribution < -0.4 is 11.2 Å². The number of aromatic nitrogens is 3. The second-order valence-corrected chi connectivity index (χ2v) is 6.54. The molecule has 0 amide bonds. The number of pyridine rings is 3. The van der Waals surface area contributed by atoms with Gasteiger partial charge in [0.15, 0.2) is 0 Å². The van der Waals surface area contributed by atoms with Crippen molar-refractivity contribution in [3.8, 4) is 0 Å². The van der Waals surface area contributed by atoms with Gasteiger partial charge in [-0.15, -0.1) is 0 Å². The van der Waals surface area contributed by atoms with Gasteiger partial charge in [0.05, 0.1) is 7.11 Å². The maximum atomic E-state index is 4.73. The van der Waals surface area contributed by atoms with Crippen LogP contribution in [0.2, 0.25) is 0 Å².